The molecule has 1 rings (SSSR count). The van der Waals surface area contributed by atoms with Crippen molar-refractivity contribution in [3.63, 3.8) is 0 Å². The number of furan rings is 1. The SMILES string of the molecule is CCc1ccc(C(=O)NC(CC)C(N)=NO)o1. The summed E-state index contributed by atoms with van der Waals surface area (Å²) >= 11 is 0. The standard InChI is InChI=1S/C11H17N3O3/c1-3-7-5-6-9(17-7)11(15)13-8(4-2)10(12)14-16/h5-6,8,16H,3-4H2,1-2H3,(H2,12,14)(H,13,15). The third-order valence-corrected chi connectivity index (χ3v) is 2.42. The zero-order valence-corrected chi connectivity index (χ0v) is 9.93. The number of nitrogens with zero attached hydrogens (tertiary/aromatic N) is 1. The lowest BCUT2D eigenvalue weighted by Crippen LogP contribution is -2.44. The summed E-state index contributed by atoms with van der Waals surface area (Å²) in [6.45, 7) is 3.76. The highest BCUT2D eigenvalue weighted by molar-refractivity contribution is 5.96. The van der Waals surface area contributed by atoms with Crippen LogP contribution in [0.15, 0.2) is 21.7 Å². The third-order valence-electron chi connectivity index (χ3n) is 2.42. The van der Waals surface area contributed by atoms with E-state index in [0.29, 0.717) is 6.42 Å². The second-order valence-corrected chi connectivity index (χ2v) is 3.58. The monoisotopic (exact) mass is 239 g/mol. The molecule has 1 heterocycles. The molecule has 0 bridgehead atoms. The fraction of sp³-hybridized carbons (Fsp3) is 0.455. The van der Waals surface area contributed by atoms with Crippen molar-refractivity contribution in [2.75, 3.05) is 0 Å². The van der Waals surface area contributed by atoms with Gasteiger partial charge in [-0.2, -0.15) is 0 Å². The largest absolute Gasteiger partial charge is 0.456 e. The Balaban J connectivity index is 2.70. The molecule has 0 radical (unpaired) electrons. The molecule has 6 heteroatoms. The Morgan fingerprint density at radius 1 is 1.59 bits per heavy atom. The van der Waals surface area contributed by atoms with Crippen LogP contribution in [0.2, 0.25) is 0 Å². The molecular weight excluding hydrogens is 222 g/mol. The first-order valence-corrected chi connectivity index (χ1v) is 5.49. The second-order valence-electron chi connectivity index (χ2n) is 3.58. The van der Waals surface area contributed by atoms with Gasteiger partial charge in [0.1, 0.15) is 5.76 Å². The predicted molar refractivity (Wildman–Crippen MR) is 63.0 cm³/mol. The van der Waals surface area contributed by atoms with Gasteiger partial charge < -0.3 is 20.7 Å². The molecule has 94 valence electrons. The van der Waals surface area contributed by atoms with E-state index in [0.717, 1.165) is 12.2 Å². The number of nitrogens with two attached hydrogens (primary N) is 1. The molecule has 0 saturated heterocycles. The van der Waals surface area contributed by atoms with Crippen molar-refractivity contribution < 1.29 is 14.4 Å². The van der Waals surface area contributed by atoms with Crippen LogP contribution in [0.25, 0.3) is 0 Å². The smallest absolute Gasteiger partial charge is 0.287 e. The molecule has 0 saturated carbocycles. The topological polar surface area (TPSA) is 101 Å². The van der Waals surface area contributed by atoms with Crippen LogP contribution in [0.4, 0.5) is 0 Å². The van der Waals surface area contributed by atoms with Gasteiger partial charge in [0.05, 0.1) is 6.04 Å². The third kappa shape index (κ3) is 3.24. The Hall–Kier alpha value is -1.98. The van der Waals surface area contributed by atoms with Crippen molar-refractivity contribution in [3.8, 4) is 0 Å². The van der Waals surface area contributed by atoms with Crippen LogP contribution in [0.3, 0.4) is 0 Å². The van der Waals surface area contributed by atoms with Gasteiger partial charge in [0.25, 0.3) is 5.91 Å². The Kier molecular flexibility index (Phi) is 4.56. The minimum atomic E-state index is -0.498. The first-order valence-electron chi connectivity index (χ1n) is 5.49. The van der Waals surface area contributed by atoms with Crippen LogP contribution in [0.5, 0.6) is 0 Å². The average molecular weight is 239 g/mol. The number of hydrogen-bond donors (Lipinski definition) is 3. The van der Waals surface area contributed by atoms with Gasteiger partial charge in [-0.25, -0.2) is 0 Å². The van der Waals surface area contributed by atoms with Gasteiger partial charge in [-0.15, -0.1) is 0 Å². The van der Waals surface area contributed by atoms with E-state index in [9.17, 15) is 4.79 Å². The summed E-state index contributed by atoms with van der Waals surface area (Å²) in [5.74, 6) is 0.573. The second kappa shape index (κ2) is 5.93. The van der Waals surface area contributed by atoms with E-state index < -0.39 is 6.04 Å². The number of nitrogens with one attached hydrogen (secondary N) is 1. The van der Waals surface area contributed by atoms with Crippen LogP contribution < -0.4 is 11.1 Å². The molecule has 1 aromatic heterocycles. The quantitative estimate of drug-likeness (QED) is 0.310. The molecule has 17 heavy (non-hydrogen) atoms. The predicted octanol–water partition coefficient (Wildman–Crippen LogP) is 1.10. The lowest BCUT2D eigenvalue weighted by Gasteiger charge is -2.13. The van der Waals surface area contributed by atoms with Crippen molar-refractivity contribution in [1.82, 2.24) is 5.32 Å². The molecule has 0 aliphatic rings. The number of carbonyl (C=O) groups excluding carboxylic acids is 1. The highest BCUT2D eigenvalue weighted by Crippen LogP contribution is 2.08. The number of oxime groups is 1. The summed E-state index contributed by atoms with van der Waals surface area (Å²) in [7, 11) is 0. The Morgan fingerprint density at radius 2 is 2.29 bits per heavy atom. The van der Waals surface area contributed by atoms with Gasteiger partial charge in [-0.1, -0.05) is 19.0 Å². The lowest BCUT2D eigenvalue weighted by molar-refractivity contribution is 0.0916. The highest BCUT2D eigenvalue weighted by Gasteiger charge is 2.18. The lowest BCUT2D eigenvalue weighted by atomic mass is 10.2. The fourth-order valence-electron chi connectivity index (χ4n) is 1.37. The van der Waals surface area contributed by atoms with Crippen LogP contribution >= 0.6 is 0 Å². The first-order chi connectivity index (χ1) is 8.12. The van der Waals surface area contributed by atoms with E-state index in [-0.39, 0.29) is 17.5 Å². The molecule has 0 aromatic carbocycles. The van der Waals surface area contributed by atoms with Gasteiger partial charge >= 0.3 is 0 Å². The maximum atomic E-state index is 11.8. The van der Waals surface area contributed by atoms with E-state index in [4.69, 9.17) is 15.4 Å². The molecule has 1 aromatic rings. The molecule has 4 N–H and O–H groups in total. The van der Waals surface area contributed by atoms with Gasteiger partial charge in [-0.3, -0.25) is 4.79 Å². The summed E-state index contributed by atoms with van der Waals surface area (Å²) in [4.78, 5) is 11.8. The zero-order valence-electron chi connectivity index (χ0n) is 9.93. The molecule has 0 aliphatic heterocycles. The maximum absolute atomic E-state index is 11.8. The van der Waals surface area contributed by atoms with E-state index in [1.165, 1.54) is 0 Å². The number of aryl methyl sites for hydroxylation is 1. The summed E-state index contributed by atoms with van der Waals surface area (Å²) in [5, 5.41) is 14.0. The van der Waals surface area contributed by atoms with Crippen molar-refractivity contribution in [2.24, 2.45) is 10.9 Å². The zero-order chi connectivity index (χ0) is 12.8. The number of carbonyl (C=O) groups is 1. The van der Waals surface area contributed by atoms with Crippen LogP contribution in [-0.2, 0) is 6.42 Å². The van der Waals surface area contributed by atoms with Gasteiger partial charge in [0, 0.05) is 6.42 Å². The number of rotatable bonds is 5. The molecule has 1 unspecified atom stereocenters. The van der Waals surface area contributed by atoms with E-state index >= 15 is 0 Å². The van der Waals surface area contributed by atoms with Gasteiger partial charge in [0.2, 0.25) is 0 Å². The Labute approximate surface area is 99.5 Å². The normalized spacial score (nSPS) is 13.4. The maximum Gasteiger partial charge on any atom is 0.287 e. The van der Waals surface area contributed by atoms with Crippen molar-refractivity contribution in [2.45, 2.75) is 32.7 Å². The summed E-state index contributed by atoms with van der Waals surface area (Å²) in [5.41, 5.74) is 5.44. The molecule has 0 fully saturated rings. The van der Waals surface area contributed by atoms with Gasteiger partial charge in [0.15, 0.2) is 11.6 Å². The molecular formula is C11H17N3O3. The van der Waals surface area contributed by atoms with Crippen LogP contribution in [-0.4, -0.2) is 23.0 Å². The highest BCUT2D eigenvalue weighted by atomic mass is 16.4. The van der Waals surface area contributed by atoms with Crippen LogP contribution in [0, 0.1) is 0 Å². The van der Waals surface area contributed by atoms with Gasteiger partial charge in [-0.05, 0) is 18.6 Å². The first kappa shape index (κ1) is 13.1. The average Bonchev–Trinajstić information content (AvgIpc) is 2.83. The summed E-state index contributed by atoms with van der Waals surface area (Å²) < 4.78 is 5.30. The molecule has 0 aliphatic carbocycles. The van der Waals surface area contributed by atoms with Crippen molar-refractivity contribution in [1.29, 1.82) is 0 Å². The Morgan fingerprint density at radius 3 is 2.76 bits per heavy atom. The number of amides is 1. The number of amidine groups is 1. The molecule has 6 nitrogen and oxygen atoms in total. The Bertz CT molecular complexity index is 412. The molecule has 1 atom stereocenters. The van der Waals surface area contributed by atoms with Crippen LogP contribution in [0.1, 0.15) is 36.6 Å². The summed E-state index contributed by atoms with van der Waals surface area (Å²) in [6, 6.07) is 2.86. The van der Waals surface area contributed by atoms with E-state index in [2.05, 4.69) is 10.5 Å². The van der Waals surface area contributed by atoms with E-state index in [1.54, 1.807) is 12.1 Å². The molecule has 1 amide bonds. The molecule has 0 spiro atoms. The van der Waals surface area contributed by atoms with E-state index in [1.807, 2.05) is 13.8 Å². The minimum absolute atomic E-state index is 0.0249. The van der Waals surface area contributed by atoms with Crippen molar-refractivity contribution in [3.05, 3.63) is 23.7 Å². The minimum Gasteiger partial charge on any atom is -0.456 e. The fourth-order valence-corrected chi connectivity index (χ4v) is 1.37. The van der Waals surface area contributed by atoms with Crippen molar-refractivity contribution >= 4 is 11.7 Å². The number of hydrogen-bond acceptors (Lipinski definition) is 4. The summed E-state index contributed by atoms with van der Waals surface area (Å²) in [6.07, 6.45) is 1.26.